The van der Waals surface area contributed by atoms with Gasteiger partial charge in [-0.15, -0.1) is 0 Å². The van der Waals surface area contributed by atoms with Crippen molar-refractivity contribution in [3.05, 3.63) is 47.3 Å². The van der Waals surface area contributed by atoms with Crippen molar-refractivity contribution in [2.75, 3.05) is 5.32 Å². The van der Waals surface area contributed by atoms with Gasteiger partial charge in [0.25, 0.3) is 0 Å². The summed E-state index contributed by atoms with van der Waals surface area (Å²) in [5.74, 6) is 0. The maximum atomic E-state index is 8.80. The largest absolute Gasteiger partial charge is 0.378 e. The van der Waals surface area contributed by atoms with Crippen molar-refractivity contribution in [3.8, 4) is 6.07 Å². The standard InChI is InChI=1S/C15H16N4/c1-19-15-4-2-3-14(13(15)10-17-19)18-12-7-5-11(9-16)6-8-12/h5-8,10,14,18H,2-4H2,1H3. The van der Waals surface area contributed by atoms with E-state index in [1.54, 1.807) is 0 Å². The fourth-order valence-electron chi connectivity index (χ4n) is 2.70. The Hall–Kier alpha value is -2.28. The quantitative estimate of drug-likeness (QED) is 0.894. The molecule has 1 aromatic heterocycles. The highest BCUT2D eigenvalue weighted by atomic mass is 15.3. The van der Waals surface area contributed by atoms with Crippen LogP contribution in [0.25, 0.3) is 0 Å². The lowest BCUT2D eigenvalue weighted by molar-refractivity contribution is 0.571. The van der Waals surface area contributed by atoms with Crippen LogP contribution in [0.5, 0.6) is 0 Å². The second-order valence-electron chi connectivity index (χ2n) is 4.95. The molecule has 1 aromatic carbocycles. The van der Waals surface area contributed by atoms with E-state index in [1.165, 1.54) is 17.7 Å². The van der Waals surface area contributed by atoms with Crippen molar-refractivity contribution < 1.29 is 0 Å². The van der Waals surface area contributed by atoms with E-state index in [2.05, 4.69) is 16.5 Å². The summed E-state index contributed by atoms with van der Waals surface area (Å²) < 4.78 is 1.97. The molecule has 0 fully saturated rings. The van der Waals surface area contributed by atoms with Crippen molar-refractivity contribution in [2.24, 2.45) is 7.05 Å². The van der Waals surface area contributed by atoms with E-state index in [9.17, 15) is 0 Å². The van der Waals surface area contributed by atoms with E-state index in [0.29, 0.717) is 11.6 Å². The molecule has 1 aliphatic carbocycles. The molecule has 0 bridgehead atoms. The van der Waals surface area contributed by atoms with E-state index < -0.39 is 0 Å². The number of nitrogens with zero attached hydrogens (tertiary/aromatic N) is 3. The molecule has 1 unspecified atom stereocenters. The van der Waals surface area contributed by atoms with Crippen LogP contribution in [0.3, 0.4) is 0 Å². The van der Waals surface area contributed by atoms with Crippen LogP contribution in [-0.4, -0.2) is 9.78 Å². The summed E-state index contributed by atoms with van der Waals surface area (Å²) in [4.78, 5) is 0. The summed E-state index contributed by atoms with van der Waals surface area (Å²) in [6.07, 6.45) is 5.38. The second-order valence-corrected chi connectivity index (χ2v) is 4.95. The van der Waals surface area contributed by atoms with Gasteiger partial charge in [0.15, 0.2) is 0 Å². The number of hydrogen-bond donors (Lipinski definition) is 1. The van der Waals surface area contributed by atoms with E-state index in [4.69, 9.17) is 5.26 Å². The molecule has 19 heavy (non-hydrogen) atoms. The Kier molecular flexibility index (Phi) is 2.96. The minimum atomic E-state index is 0.324. The average Bonchev–Trinajstić information content (AvgIpc) is 2.83. The van der Waals surface area contributed by atoms with Gasteiger partial charge in [-0.3, -0.25) is 4.68 Å². The SMILES string of the molecule is Cn1ncc2c1CCCC2Nc1ccc(C#N)cc1. The topological polar surface area (TPSA) is 53.6 Å². The van der Waals surface area contributed by atoms with E-state index >= 15 is 0 Å². The molecule has 1 N–H and O–H groups in total. The molecule has 2 aromatic rings. The van der Waals surface area contributed by atoms with Crippen LogP contribution in [-0.2, 0) is 13.5 Å². The summed E-state index contributed by atoms with van der Waals surface area (Å²) >= 11 is 0. The molecule has 1 atom stereocenters. The van der Waals surface area contributed by atoms with Crippen molar-refractivity contribution >= 4 is 5.69 Å². The normalized spacial score (nSPS) is 17.6. The number of aromatic nitrogens is 2. The minimum absolute atomic E-state index is 0.324. The molecule has 0 radical (unpaired) electrons. The lowest BCUT2D eigenvalue weighted by atomic mass is 9.93. The molecule has 0 amide bonds. The average molecular weight is 252 g/mol. The fraction of sp³-hybridized carbons (Fsp3) is 0.333. The summed E-state index contributed by atoms with van der Waals surface area (Å²) in [6.45, 7) is 0. The van der Waals surface area contributed by atoms with Gasteiger partial charge in [-0.05, 0) is 43.5 Å². The Morgan fingerprint density at radius 3 is 2.89 bits per heavy atom. The first kappa shape index (κ1) is 11.8. The van der Waals surface area contributed by atoms with Crippen LogP contribution < -0.4 is 5.32 Å². The van der Waals surface area contributed by atoms with Gasteiger partial charge in [0.1, 0.15) is 0 Å². The Bertz CT molecular complexity index is 619. The summed E-state index contributed by atoms with van der Waals surface area (Å²) in [5.41, 5.74) is 4.38. The third kappa shape index (κ3) is 2.19. The highest BCUT2D eigenvalue weighted by molar-refractivity contribution is 5.49. The number of fused-ring (bicyclic) bond motifs is 1. The Morgan fingerprint density at radius 1 is 1.37 bits per heavy atom. The molecule has 1 aliphatic rings. The zero-order valence-corrected chi connectivity index (χ0v) is 10.9. The Balaban J connectivity index is 1.82. The van der Waals surface area contributed by atoms with Crippen LogP contribution in [0.2, 0.25) is 0 Å². The van der Waals surface area contributed by atoms with E-state index in [1.807, 2.05) is 42.2 Å². The van der Waals surface area contributed by atoms with Gasteiger partial charge in [0.2, 0.25) is 0 Å². The third-order valence-corrected chi connectivity index (χ3v) is 3.73. The number of anilines is 1. The molecule has 1 heterocycles. The van der Waals surface area contributed by atoms with Crippen LogP contribution >= 0.6 is 0 Å². The van der Waals surface area contributed by atoms with Gasteiger partial charge in [0, 0.05) is 24.0 Å². The van der Waals surface area contributed by atoms with Crippen molar-refractivity contribution in [1.82, 2.24) is 9.78 Å². The number of nitriles is 1. The van der Waals surface area contributed by atoms with E-state index in [-0.39, 0.29) is 0 Å². The molecular weight excluding hydrogens is 236 g/mol. The first-order valence-corrected chi connectivity index (χ1v) is 6.55. The maximum Gasteiger partial charge on any atom is 0.0991 e. The molecule has 0 spiro atoms. The van der Waals surface area contributed by atoms with Gasteiger partial charge >= 0.3 is 0 Å². The fourth-order valence-corrected chi connectivity index (χ4v) is 2.70. The second kappa shape index (κ2) is 4.77. The van der Waals surface area contributed by atoms with Crippen molar-refractivity contribution in [1.29, 1.82) is 5.26 Å². The van der Waals surface area contributed by atoms with Gasteiger partial charge in [-0.25, -0.2) is 0 Å². The van der Waals surface area contributed by atoms with Crippen LogP contribution in [0, 0.1) is 11.3 Å². The number of benzene rings is 1. The minimum Gasteiger partial charge on any atom is -0.378 e. The molecular formula is C15H16N4. The summed E-state index contributed by atoms with van der Waals surface area (Å²) in [7, 11) is 2.00. The lowest BCUT2D eigenvalue weighted by Crippen LogP contribution is -2.17. The monoisotopic (exact) mass is 252 g/mol. The highest BCUT2D eigenvalue weighted by Gasteiger charge is 2.23. The lowest BCUT2D eigenvalue weighted by Gasteiger charge is -2.24. The highest BCUT2D eigenvalue weighted by Crippen LogP contribution is 2.32. The summed E-state index contributed by atoms with van der Waals surface area (Å²) in [6, 6.07) is 10.1. The maximum absolute atomic E-state index is 8.80. The van der Waals surface area contributed by atoms with Crippen molar-refractivity contribution in [3.63, 3.8) is 0 Å². The smallest absolute Gasteiger partial charge is 0.0991 e. The Morgan fingerprint density at radius 2 is 2.16 bits per heavy atom. The third-order valence-electron chi connectivity index (χ3n) is 3.73. The van der Waals surface area contributed by atoms with Gasteiger partial charge < -0.3 is 5.32 Å². The van der Waals surface area contributed by atoms with Crippen LogP contribution in [0.15, 0.2) is 30.5 Å². The number of hydrogen-bond acceptors (Lipinski definition) is 3. The predicted molar refractivity (Wildman–Crippen MR) is 73.7 cm³/mol. The summed E-state index contributed by atoms with van der Waals surface area (Å²) in [5, 5.41) is 16.7. The number of rotatable bonds is 2. The number of aryl methyl sites for hydroxylation is 1. The molecule has 0 saturated carbocycles. The molecule has 3 rings (SSSR count). The van der Waals surface area contributed by atoms with E-state index in [0.717, 1.165) is 18.5 Å². The zero-order chi connectivity index (χ0) is 13.2. The van der Waals surface area contributed by atoms with Gasteiger partial charge in [0.05, 0.1) is 23.9 Å². The first-order valence-electron chi connectivity index (χ1n) is 6.55. The first-order chi connectivity index (χ1) is 9.28. The molecule has 0 saturated heterocycles. The van der Waals surface area contributed by atoms with Gasteiger partial charge in [-0.1, -0.05) is 0 Å². The molecule has 4 nitrogen and oxygen atoms in total. The molecule has 96 valence electrons. The van der Waals surface area contributed by atoms with Gasteiger partial charge in [-0.2, -0.15) is 10.4 Å². The number of nitrogens with one attached hydrogen (secondary N) is 1. The molecule has 4 heteroatoms. The van der Waals surface area contributed by atoms with Crippen LogP contribution in [0.4, 0.5) is 5.69 Å². The Labute approximate surface area is 112 Å². The zero-order valence-electron chi connectivity index (χ0n) is 10.9. The van der Waals surface area contributed by atoms with Crippen molar-refractivity contribution in [2.45, 2.75) is 25.3 Å². The predicted octanol–water partition coefficient (Wildman–Crippen LogP) is 2.78. The van der Waals surface area contributed by atoms with Crippen LogP contribution in [0.1, 0.15) is 35.7 Å². The molecule has 0 aliphatic heterocycles.